The molecule has 1 aromatic heterocycles. The minimum absolute atomic E-state index is 0. The zero-order valence-corrected chi connectivity index (χ0v) is 9.64. The van der Waals surface area contributed by atoms with E-state index in [4.69, 9.17) is 0 Å². The number of hydrogen-bond donors (Lipinski definition) is 2. The fourth-order valence-corrected chi connectivity index (χ4v) is 1.11. The maximum Gasteiger partial charge on any atom is 0.126 e. The summed E-state index contributed by atoms with van der Waals surface area (Å²) in [7, 11) is 0. The summed E-state index contributed by atoms with van der Waals surface area (Å²) in [5, 5.41) is 10.2. The average molecular weight is 217 g/mol. The van der Waals surface area contributed by atoms with Crippen molar-refractivity contribution in [3.05, 3.63) is 18.2 Å². The first kappa shape index (κ1) is 8.69. The maximum atomic E-state index is 4.19. The maximum absolute atomic E-state index is 4.19. The zero-order chi connectivity index (χ0) is 6.97. The van der Waals surface area contributed by atoms with Crippen molar-refractivity contribution in [2.75, 3.05) is 0 Å². The first-order chi connectivity index (χ1) is 4.88. The Morgan fingerprint density at radius 2 is 2.18 bits per heavy atom. The predicted molar refractivity (Wildman–Crippen MR) is 41.1 cm³/mol. The molecule has 1 aromatic carbocycles. The molecular formula is C6H5N3SZn. The molecule has 52 valence electrons. The number of benzene rings is 1. The summed E-state index contributed by atoms with van der Waals surface area (Å²) in [6.45, 7) is 0. The van der Waals surface area contributed by atoms with Gasteiger partial charge in [0.25, 0.3) is 0 Å². The summed E-state index contributed by atoms with van der Waals surface area (Å²) in [4.78, 5) is 0.853. The van der Waals surface area contributed by atoms with Gasteiger partial charge < -0.3 is 0 Å². The summed E-state index contributed by atoms with van der Waals surface area (Å²) in [6.07, 6.45) is 0. The largest absolute Gasteiger partial charge is 0.258 e. The minimum atomic E-state index is 0. The van der Waals surface area contributed by atoms with Gasteiger partial charge in [-0.25, -0.2) is 0 Å². The molecule has 0 atom stereocenters. The molecule has 2 aromatic rings. The smallest absolute Gasteiger partial charge is 0.126 e. The van der Waals surface area contributed by atoms with Gasteiger partial charge in [0, 0.05) is 24.4 Å². The molecule has 0 fully saturated rings. The molecule has 0 radical (unpaired) electrons. The zero-order valence-electron chi connectivity index (χ0n) is 5.78. The molecule has 0 aliphatic rings. The predicted octanol–water partition coefficient (Wildman–Crippen LogP) is 1.24. The summed E-state index contributed by atoms with van der Waals surface area (Å²) in [5.41, 5.74) is 1.75. The van der Waals surface area contributed by atoms with E-state index in [0.717, 1.165) is 15.9 Å². The van der Waals surface area contributed by atoms with Gasteiger partial charge in [-0.05, 0) is 12.1 Å². The van der Waals surface area contributed by atoms with Crippen molar-refractivity contribution in [1.82, 2.24) is 15.4 Å². The van der Waals surface area contributed by atoms with E-state index in [1.807, 2.05) is 18.2 Å². The normalized spacial score (nSPS) is 9.55. The Morgan fingerprint density at radius 1 is 1.36 bits per heavy atom. The van der Waals surface area contributed by atoms with Gasteiger partial charge in [-0.15, -0.1) is 17.7 Å². The van der Waals surface area contributed by atoms with Crippen molar-refractivity contribution in [2.45, 2.75) is 4.90 Å². The van der Waals surface area contributed by atoms with Gasteiger partial charge in [0.15, 0.2) is 0 Å². The number of aromatic amines is 1. The molecule has 0 saturated heterocycles. The number of rotatable bonds is 0. The van der Waals surface area contributed by atoms with Crippen molar-refractivity contribution in [2.24, 2.45) is 0 Å². The SMILES string of the molecule is Sc1cccc2[nH]nnc12.[Zn]. The van der Waals surface area contributed by atoms with E-state index in [2.05, 4.69) is 28.0 Å². The van der Waals surface area contributed by atoms with Crippen LogP contribution in [0.1, 0.15) is 0 Å². The number of H-pyrrole nitrogens is 1. The molecule has 11 heavy (non-hydrogen) atoms. The van der Waals surface area contributed by atoms with E-state index < -0.39 is 0 Å². The minimum Gasteiger partial charge on any atom is -0.258 e. The van der Waals surface area contributed by atoms with Gasteiger partial charge in [-0.3, -0.25) is 5.10 Å². The van der Waals surface area contributed by atoms with Crippen molar-refractivity contribution in [3.8, 4) is 0 Å². The molecular weight excluding hydrogens is 212 g/mol. The summed E-state index contributed by atoms with van der Waals surface area (Å²) in [6, 6.07) is 5.70. The third-order valence-electron chi connectivity index (χ3n) is 1.34. The van der Waals surface area contributed by atoms with Crippen LogP contribution in [0.15, 0.2) is 23.1 Å². The third-order valence-corrected chi connectivity index (χ3v) is 1.70. The van der Waals surface area contributed by atoms with E-state index in [9.17, 15) is 0 Å². The third kappa shape index (κ3) is 1.44. The van der Waals surface area contributed by atoms with Gasteiger partial charge in [0.2, 0.25) is 0 Å². The number of aromatic nitrogens is 3. The number of thiol groups is 1. The average Bonchev–Trinajstić information content (AvgIpc) is 2.36. The summed E-state index contributed by atoms with van der Waals surface area (Å²) in [5.74, 6) is 0. The topological polar surface area (TPSA) is 41.6 Å². The van der Waals surface area contributed by atoms with Crippen molar-refractivity contribution >= 4 is 23.7 Å². The van der Waals surface area contributed by atoms with E-state index in [0.29, 0.717) is 0 Å². The molecule has 0 aliphatic carbocycles. The van der Waals surface area contributed by atoms with Crippen LogP contribution in [0, 0.1) is 0 Å². The Kier molecular flexibility index (Phi) is 2.63. The Morgan fingerprint density at radius 3 is 2.91 bits per heavy atom. The van der Waals surface area contributed by atoms with E-state index in [-0.39, 0.29) is 19.5 Å². The number of hydrogen-bond acceptors (Lipinski definition) is 3. The van der Waals surface area contributed by atoms with E-state index in [1.54, 1.807) is 0 Å². The van der Waals surface area contributed by atoms with E-state index >= 15 is 0 Å². The quantitative estimate of drug-likeness (QED) is 0.514. The van der Waals surface area contributed by atoms with Gasteiger partial charge in [-0.2, -0.15) is 0 Å². The molecule has 5 heteroatoms. The standard InChI is InChI=1S/C6H5N3S.Zn/c10-5-3-1-2-4-6(5)8-9-7-4;/h1-3,10H,(H,7,8,9);. The summed E-state index contributed by atoms with van der Waals surface area (Å²) < 4.78 is 0. The second-order valence-electron chi connectivity index (χ2n) is 1.99. The second kappa shape index (κ2) is 3.33. The Bertz CT molecular complexity index is 359. The van der Waals surface area contributed by atoms with Crippen LogP contribution >= 0.6 is 12.6 Å². The second-order valence-corrected chi connectivity index (χ2v) is 2.47. The Labute approximate surface area is 81.7 Å². The Hall–Kier alpha value is -0.407. The van der Waals surface area contributed by atoms with Gasteiger partial charge in [0.05, 0.1) is 5.52 Å². The monoisotopic (exact) mass is 215 g/mol. The molecule has 3 nitrogen and oxygen atoms in total. The fraction of sp³-hybridized carbons (Fsp3) is 0. The molecule has 0 amide bonds. The molecule has 0 aliphatic heterocycles. The molecule has 1 N–H and O–H groups in total. The molecule has 2 rings (SSSR count). The van der Waals surface area contributed by atoms with Gasteiger partial charge in [-0.1, -0.05) is 11.3 Å². The molecule has 0 unspecified atom stereocenters. The van der Waals surface area contributed by atoms with Crippen LogP contribution < -0.4 is 0 Å². The first-order valence-electron chi connectivity index (χ1n) is 2.86. The van der Waals surface area contributed by atoms with Crippen LogP contribution in [0.4, 0.5) is 0 Å². The van der Waals surface area contributed by atoms with Crippen LogP contribution in [0.3, 0.4) is 0 Å². The van der Waals surface area contributed by atoms with Crippen LogP contribution in [0.2, 0.25) is 0 Å². The van der Waals surface area contributed by atoms with Crippen LogP contribution in [0.25, 0.3) is 11.0 Å². The molecule has 0 spiro atoms. The van der Waals surface area contributed by atoms with E-state index in [1.165, 1.54) is 0 Å². The first-order valence-corrected chi connectivity index (χ1v) is 3.31. The van der Waals surface area contributed by atoms with Gasteiger partial charge >= 0.3 is 0 Å². The van der Waals surface area contributed by atoms with Crippen molar-refractivity contribution in [3.63, 3.8) is 0 Å². The van der Waals surface area contributed by atoms with Crippen molar-refractivity contribution < 1.29 is 19.5 Å². The van der Waals surface area contributed by atoms with Crippen LogP contribution in [0.5, 0.6) is 0 Å². The Balaban J connectivity index is 0.000000605. The van der Waals surface area contributed by atoms with Crippen LogP contribution in [-0.4, -0.2) is 15.4 Å². The number of nitrogens with zero attached hydrogens (tertiary/aromatic N) is 2. The molecule has 1 heterocycles. The molecule has 0 bridgehead atoms. The van der Waals surface area contributed by atoms with Crippen molar-refractivity contribution in [1.29, 1.82) is 0 Å². The molecule has 0 saturated carbocycles. The van der Waals surface area contributed by atoms with Crippen LogP contribution in [-0.2, 0) is 19.5 Å². The number of fused-ring (bicyclic) bond motifs is 1. The summed E-state index contributed by atoms with van der Waals surface area (Å²) >= 11 is 4.19. The fourth-order valence-electron chi connectivity index (χ4n) is 0.856. The van der Waals surface area contributed by atoms with Gasteiger partial charge in [0.1, 0.15) is 5.52 Å². The number of nitrogens with one attached hydrogen (secondary N) is 1.